The Hall–Kier alpha value is -4.07. The molecular weight excluding hydrogens is 396 g/mol. The second kappa shape index (κ2) is 9.17. The van der Waals surface area contributed by atoms with E-state index in [0.717, 1.165) is 11.1 Å². The first-order valence-electron chi connectivity index (χ1n) is 9.59. The average molecular weight is 418 g/mol. The lowest BCUT2D eigenvalue weighted by molar-refractivity contribution is -0.384. The Bertz CT molecular complexity index is 1090. The summed E-state index contributed by atoms with van der Waals surface area (Å²) in [5.41, 5.74) is 2.97. The highest BCUT2D eigenvalue weighted by molar-refractivity contribution is 6.01. The maximum absolute atomic E-state index is 13.4. The van der Waals surface area contributed by atoms with Crippen LogP contribution in [0.3, 0.4) is 0 Å². The van der Waals surface area contributed by atoms with Crippen molar-refractivity contribution >= 4 is 23.2 Å². The molecule has 0 radical (unpaired) electrons. The van der Waals surface area contributed by atoms with E-state index in [0.29, 0.717) is 11.3 Å². The summed E-state index contributed by atoms with van der Waals surface area (Å²) in [6.45, 7) is 3.76. The zero-order chi connectivity index (χ0) is 22.5. The number of nitro benzene ring substituents is 1. The van der Waals surface area contributed by atoms with Crippen LogP contribution in [0.15, 0.2) is 66.9 Å². The molecule has 31 heavy (non-hydrogen) atoms. The molecule has 8 nitrogen and oxygen atoms in total. The number of anilines is 1. The molecule has 2 amide bonds. The minimum atomic E-state index is -1.02. The Morgan fingerprint density at radius 1 is 1.00 bits per heavy atom. The van der Waals surface area contributed by atoms with Gasteiger partial charge in [0.1, 0.15) is 11.7 Å². The number of aromatic nitrogens is 1. The SMILES string of the molecule is Cc1cccc(C)c1NC(=O)[C@H](c1ccc([N+](=O)[O-])cc1)N(C)C(=O)c1ccccn1. The summed E-state index contributed by atoms with van der Waals surface area (Å²) in [5, 5.41) is 13.9. The number of pyridine rings is 1. The molecule has 0 unspecified atom stereocenters. The van der Waals surface area contributed by atoms with Crippen molar-refractivity contribution < 1.29 is 14.5 Å². The van der Waals surface area contributed by atoms with Crippen LogP contribution in [0.5, 0.6) is 0 Å². The van der Waals surface area contributed by atoms with Crippen LogP contribution in [0.25, 0.3) is 0 Å². The summed E-state index contributed by atoms with van der Waals surface area (Å²) in [5.74, 6) is -0.876. The van der Waals surface area contributed by atoms with E-state index in [1.165, 1.54) is 42.4 Å². The monoisotopic (exact) mass is 418 g/mol. The summed E-state index contributed by atoms with van der Waals surface area (Å²) in [6, 6.07) is 15.2. The van der Waals surface area contributed by atoms with Gasteiger partial charge < -0.3 is 10.2 Å². The van der Waals surface area contributed by atoms with Gasteiger partial charge in [-0.3, -0.25) is 24.7 Å². The van der Waals surface area contributed by atoms with Crippen LogP contribution in [0, 0.1) is 24.0 Å². The molecule has 0 aliphatic heterocycles. The van der Waals surface area contributed by atoms with Gasteiger partial charge in [-0.1, -0.05) is 24.3 Å². The molecule has 1 aromatic heterocycles. The number of para-hydroxylation sites is 1. The van der Waals surface area contributed by atoms with Gasteiger partial charge in [-0.2, -0.15) is 0 Å². The lowest BCUT2D eigenvalue weighted by Crippen LogP contribution is -2.39. The lowest BCUT2D eigenvalue weighted by Gasteiger charge is -2.28. The minimum Gasteiger partial charge on any atom is -0.324 e. The third-order valence-electron chi connectivity index (χ3n) is 4.99. The Morgan fingerprint density at radius 2 is 1.65 bits per heavy atom. The van der Waals surface area contributed by atoms with E-state index < -0.39 is 22.8 Å². The molecule has 0 saturated heterocycles. The first-order chi connectivity index (χ1) is 14.8. The molecule has 0 saturated carbocycles. The van der Waals surface area contributed by atoms with Crippen molar-refractivity contribution in [1.82, 2.24) is 9.88 Å². The molecule has 0 aliphatic carbocycles. The van der Waals surface area contributed by atoms with Gasteiger partial charge >= 0.3 is 0 Å². The highest BCUT2D eigenvalue weighted by Gasteiger charge is 2.30. The van der Waals surface area contributed by atoms with Crippen molar-refractivity contribution in [3.8, 4) is 0 Å². The van der Waals surface area contributed by atoms with Crippen LogP contribution in [0.4, 0.5) is 11.4 Å². The van der Waals surface area contributed by atoms with Gasteiger partial charge in [0, 0.05) is 31.1 Å². The number of carbonyl (C=O) groups excluding carboxylic acids is 2. The predicted octanol–water partition coefficient (Wildman–Crippen LogP) is 4.06. The number of nitro groups is 1. The van der Waals surface area contributed by atoms with Crippen LogP contribution >= 0.6 is 0 Å². The van der Waals surface area contributed by atoms with E-state index >= 15 is 0 Å². The predicted molar refractivity (Wildman–Crippen MR) is 117 cm³/mol. The normalized spacial score (nSPS) is 11.5. The number of hydrogen-bond acceptors (Lipinski definition) is 5. The average Bonchev–Trinajstić information content (AvgIpc) is 2.77. The molecule has 3 aromatic rings. The minimum absolute atomic E-state index is 0.101. The molecule has 158 valence electrons. The highest BCUT2D eigenvalue weighted by Crippen LogP contribution is 2.27. The molecule has 0 aliphatic rings. The van der Waals surface area contributed by atoms with E-state index in [1.807, 2.05) is 32.0 Å². The summed E-state index contributed by atoms with van der Waals surface area (Å²) in [7, 11) is 1.51. The Balaban J connectivity index is 2.00. The molecule has 1 heterocycles. The molecule has 0 fully saturated rings. The molecule has 1 N–H and O–H groups in total. The molecule has 8 heteroatoms. The van der Waals surface area contributed by atoms with E-state index in [4.69, 9.17) is 0 Å². The first-order valence-corrected chi connectivity index (χ1v) is 9.59. The van der Waals surface area contributed by atoms with Crippen LogP contribution in [0.1, 0.15) is 33.2 Å². The fourth-order valence-corrected chi connectivity index (χ4v) is 3.32. The van der Waals surface area contributed by atoms with E-state index in [1.54, 1.807) is 18.2 Å². The second-order valence-electron chi connectivity index (χ2n) is 7.14. The molecule has 3 rings (SSSR count). The standard InChI is InChI=1S/C23H22N4O4/c1-15-7-6-8-16(2)20(15)25-22(28)21(17-10-12-18(13-11-17)27(30)31)26(3)23(29)19-9-4-5-14-24-19/h4-14,21H,1-3H3,(H,25,28)/t21-/m0/s1. The molecule has 0 bridgehead atoms. The van der Waals surface area contributed by atoms with Gasteiger partial charge in [0.05, 0.1) is 4.92 Å². The van der Waals surface area contributed by atoms with Gasteiger partial charge in [-0.15, -0.1) is 0 Å². The van der Waals surface area contributed by atoms with Crippen molar-refractivity contribution in [2.75, 3.05) is 12.4 Å². The summed E-state index contributed by atoms with van der Waals surface area (Å²) >= 11 is 0. The van der Waals surface area contributed by atoms with Crippen LogP contribution in [-0.2, 0) is 4.79 Å². The van der Waals surface area contributed by atoms with Gasteiger partial charge in [-0.25, -0.2) is 0 Å². The zero-order valence-corrected chi connectivity index (χ0v) is 17.4. The Labute approximate surface area is 179 Å². The van der Waals surface area contributed by atoms with E-state index in [9.17, 15) is 19.7 Å². The maximum atomic E-state index is 13.4. The first kappa shape index (κ1) is 21.6. The molecular formula is C23H22N4O4. The molecule has 0 spiro atoms. The van der Waals surface area contributed by atoms with Gasteiger partial charge in [0.25, 0.3) is 17.5 Å². The quantitative estimate of drug-likeness (QED) is 0.480. The van der Waals surface area contributed by atoms with Crippen molar-refractivity contribution in [3.63, 3.8) is 0 Å². The van der Waals surface area contributed by atoms with Crippen LogP contribution in [0.2, 0.25) is 0 Å². The number of amides is 2. The van der Waals surface area contributed by atoms with Crippen molar-refractivity contribution in [2.45, 2.75) is 19.9 Å². The number of nitrogens with one attached hydrogen (secondary N) is 1. The fourth-order valence-electron chi connectivity index (χ4n) is 3.32. The topological polar surface area (TPSA) is 105 Å². The number of carbonyl (C=O) groups is 2. The van der Waals surface area contributed by atoms with Gasteiger partial charge in [-0.05, 0) is 54.8 Å². The van der Waals surface area contributed by atoms with E-state index in [-0.39, 0.29) is 11.4 Å². The molecule has 1 atom stereocenters. The van der Waals surface area contributed by atoms with Crippen LogP contribution < -0.4 is 5.32 Å². The van der Waals surface area contributed by atoms with Gasteiger partial charge in [0.2, 0.25) is 0 Å². The number of benzene rings is 2. The zero-order valence-electron chi connectivity index (χ0n) is 17.4. The van der Waals surface area contributed by atoms with Crippen LogP contribution in [-0.4, -0.2) is 33.7 Å². The van der Waals surface area contributed by atoms with Gasteiger partial charge in [0.15, 0.2) is 0 Å². The number of hydrogen-bond donors (Lipinski definition) is 1. The maximum Gasteiger partial charge on any atom is 0.273 e. The number of non-ortho nitro benzene ring substituents is 1. The second-order valence-corrected chi connectivity index (χ2v) is 7.14. The smallest absolute Gasteiger partial charge is 0.273 e. The summed E-state index contributed by atoms with van der Waals surface area (Å²) in [4.78, 5) is 42.2. The summed E-state index contributed by atoms with van der Waals surface area (Å²) < 4.78 is 0. The summed E-state index contributed by atoms with van der Waals surface area (Å²) in [6.07, 6.45) is 1.50. The number of nitrogens with zero attached hydrogens (tertiary/aromatic N) is 3. The third-order valence-corrected chi connectivity index (χ3v) is 4.99. The number of likely N-dealkylation sites (N-methyl/N-ethyl adjacent to an activating group) is 1. The number of rotatable bonds is 6. The molecule has 2 aromatic carbocycles. The Morgan fingerprint density at radius 3 is 2.19 bits per heavy atom. The van der Waals surface area contributed by atoms with E-state index in [2.05, 4.69) is 10.3 Å². The van der Waals surface area contributed by atoms with Crippen molar-refractivity contribution in [3.05, 3.63) is 99.4 Å². The third kappa shape index (κ3) is 4.75. The largest absolute Gasteiger partial charge is 0.324 e. The van der Waals surface area contributed by atoms with Crippen molar-refractivity contribution in [2.24, 2.45) is 0 Å². The highest BCUT2D eigenvalue weighted by atomic mass is 16.6. The Kier molecular flexibility index (Phi) is 6.40. The number of aryl methyl sites for hydroxylation is 2. The lowest BCUT2D eigenvalue weighted by atomic mass is 10.0. The van der Waals surface area contributed by atoms with Crippen molar-refractivity contribution in [1.29, 1.82) is 0 Å². The fraction of sp³-hybridized carbons (Fsp3) is 0.174.